The van der Waals surface area contributed by atoms with Gasteiger partial charge < -0.3 is 14.4 Å². The number of fused-ring (bicyclic) bond motifs is 16. The number of para-hydroxylation sites is 2. The molecule has 0 spiro atoms. The van der Waals surface area contributed by atoms with E-state index in [4.69, 9.17) is 4.99 Å². The minimum atomic E-state index is -0.438. The minimum absolute atomic E-state index is 0.0990. The van der Waals surface area contributed by atoms with E-state index in [0.717, 1.165) is 24.1 Å². The summed E-state index contributed by atoms with van der Waals surface area (Å²) in [5.74, 6) is 0.764. The number of rotatable bonds is 7. The SMILES string of the molecule is Cc1c(-c2cc3c4c(c2)C(C)(C)c2c(-c5cccc6c5c5ccccc5n6C5=CCC(c6ccc7c(c6)C(C)(C)c6cc(-c8ccc(C9Cc%10ccccc%10-c%10ccccc%109)cc8)cc8c6N7c6ccccc6C8(C)C)C=C5)cccc2N4c2ccc(C4=NC5C=CC=CC5C=C4)cc2C3(C)C)ccc2ccccc12. The summed E-state index contributed by atoms with van der Waals surface area (Å²) in [7, 11) is 0. The van der Waals surface area contributed by atoms with Crippen LogP contribution in [0, 0.1) is 12.8 Å². The van der Waals surface area contributed by atoms with Gasteiger partial charge in [0.15, 0.2) is 0 Å². The third-order valence-corrected chi connectivity index (χ3v) is 27.1. The number of nitrogens with zero attached hydrogens (tertiary/aromatic N) is 4. The fraction of sp³-hybridized carbons (Fsp3) is 0.179. The van der Waals surface area contributed by atoms with Crippen molar-refractivity contribution in [3.8, 4) is 44.5 Å². The zero-order chi connectivity index (χ0) is 74.0. The molecule has 4 heteroatoms. The highest BCUT2D eigenvalue weighted by Gasteiger charge is 2.49. The first-order chi connectivity index (χ1) is 53.5. The molecule has 3 aliphatic carbocycles. The normalized spacial score (nSPS) is 19.6. The summed E-state index contributed by atoms with van der Waals surface area (Å²) < 4.78 is 2.55. The van der Waals surface area contributed by atoms with E-state index >= 15 is 0 Å². The topological polar surface area (TPSA) is 23.8 Å². The lowest BCUT2D eigenvalue weighted by molar-refractivity contribution is 0.596. The smallest absolute Gasteiger partial charge is 0.0787 e. The van der Waals surface area contributed by atoms with Crippen LogP contribution in [0.3, 0.4) is 0 Å². The molecule has 13 aromatic carbocycles. The van der Waals surface area contributed by atoms with Crippen LogP contribution in [-0.2, 0) is 28.1 Å². The van der Waals surface area contributed by atoms with E-state index in [2.05, 4.69) is 386 Å². The second-order valence-electron chi connectivity index (χ2n) is 34.4. The predicted octanol–water partition coefficient (Wildman–Crippen LogP) is 27.2. The number of benzene rings is 13. The number of allylic oxidation sites excluding steroid dienone is 7. The highest BCUT2D eigenvalue weighted by Crippen LogP contribution is 2.65. The zero-order valence-corrected chi connectivity index (χ0v) is 64.0. The van der Waals surface area contributed by atoms with E-state index < -0.39 is 5.41 Å². The van der Waals surface area contributed by atoms with Gasteiger partial charge in [0.1, 0.15) is 0 Å². The first-order valence-corrected chi connectivity index (χ1v) is 39.8. The number of hydrogen-bond acceptors (Lipinski definition) is 3. The largest absolute Gasteiger partial charge is 0.310 e. The molecule has 1 aromatic heterocycles. The van der Waals surface area contributed by atoms with Gasteiger partial charge in [0.05, 0.1) is 56.9 Å². The Morgan fingerprint density at radius 3 is 1.78 bits per heavy atom. The molecule has 0 fully saturated rings. The second kappa shape index (κ2) is 23.5. The van der Waals surface area contributed by atoms with Gasteiger partial charge in [-0.25, -0.2) is 0 Å². The van der Waals surface area contributed by atoms with E-state index in [1.807, 2.05) is 0 Å². The lowest BCUT2D eigenvalue weighted by atomic mass is 9.64. The van der Waals surface area contributed by atoms with Crippen LogP contribution in [0.5, 0.6) is 0 Å². The Morgan fingerprint density at radius 1 is 0.391 bits per heavy atom. The summed E-state index contributed by atoms with van der Waals surface area (Å²) in [6.07, 6.45) is 22.7. The number of hydrogen-bond donors (Lipinski definition) is 0. The summed E-state index contributed by atoms with van der Waals surface area (Å²) in [5, 5.41) is 5.08. The Morgan fingerprint density at radius 2 is 0.982 bits per heavy atom. The van der Waals surface area contributed by atoms with Crippen LogP contribution in [0.15, 0.2) is 314 Å². The summed E-state index contributed by atoms with van der Waals surface area (Å²) in [6, 6.07) is 98.6. The van der Waals surface area contributed by atoms with E-state index in [1.165, 1.54) is 189 Å². The third-order valence-electron chi connectivity index (χ3n) is 27.1. The predicted molar refractivity (Wildman–Crippen MR) is 462 cm³/mol. The van der Waals surface area contributed by atoms with Gasteiger partial charge in [-0.2, -0.15) is 0 Å². The van der Waals surface area contributed by atoms with Crippen LogP contribution >= 0.6 is 0 Å². The molecule has 4 atom stereocenters. The van der Waals surface area contributed by atoms with Crippen LogP contribution in [0.2, 0.25) is 0 Å². The van der Waals surface area contributed by atoms with Crippen molar-refractivity contribution in [3.63, 3.8) is 0 Å². The average Bonchev–Trinajstić information content (AvgIpc) is 0.717. The van der Waals surface area contributed by atoms with Crippen LogP contribution in [0.1, 0.15) is 152 Å². The quantitative estimate of drug-likeness (QED) is 0.159. The molecule has 5 aliphatic heterocycles. The molecule has 6 heterocycles. The van der Waals surface area contributed by atoms with Crippen molar-refractivity contribution in [2.75, 3.05) is 9.80 Å². The molecule has 0 saturated heterocycles. The Hall–Kier alpha value is -12.1. The third kappa shape index (κ3) is 9.23. The number of anilines is 6. The number of aromatic nitrogens is 1. The number of aliphatic imine (C=N–C) groups is 1. The molecule has 0 saturated carbocycles. The van der Waals surface area contributed by atoms with E-state index in [1.54, 1.807) is 0 Å². The summed E-state index contributed by atoms with van der Waals surface area (Å²) >= 11 is 0. The molecule has 8 aliphatic rings. The molecule has 0 amide bonds. The van der Waals surface area contributed by atoms with Gasteiger partial charge in [0.25, 0.3) is 0 Å². The Balaban J connectivity index is 0.635. The standard InChI is InChI=1S/C106H86N4/c1-63-75-27-13-10-24-66(75)46-52-76(63)73-61-89-102-90(62-73)106(8,9)100-81(33-23-39-98(100)110(102)96-55-49-71(58-86(96)105(89,6)7)92-53-47-68-25-12-19-35-91(68)107-92)80-32-22-38-97-99(80)82-31-17-20-36-93(82)108(97)74-50-44-64(45-51-74)69-48-54-95-85(57-69)104(4,5)88-60-72(59-87-101(88)109(95)94-37-21-18-34-84(94)103(87,2)3)65-40-42-67(43-41-65)83-56-70-26-11-14-28-77(70)78-29-15-16-30-79(78)83/h10-44,46-55,57-62,64,68,83,91H,45,56H2,1-9H3. The zero-order valence-electron chi connectivity index (χ0n) is 64.0. The maximum atomic E-state index is 5.39. The van der Waals surface area contributed by atoms with E-state index in [-0.39, 0.29) is 34.1 Å². The van der Waals surface area contributed by atoms with Crippen molar-refractivity contribution in [2.45, 2.75) is 115 Å². The molecule has 14 aromatic rings. The first-order valence-electron chi connectivity index (χ1n) is 39.8. The maximum absolute atomic E-state index is 5.39. The summed E-state index contributed by atoms with van der Waals surface area (Å²) in [5.41, 5.74) is 40.0. The van der Waals surface area contributed by atoms with Crippen molar-refractivity contribution >= 4 is 78.1 Å². The molecular formula is C106H86N4. The maximum Gasteiger partial charge on any atom is 0.0787 e. The van der Waals surface area contributed by atoms with Crippen molar-refractivity contribution in [1.29, 1.82) is 0 Å². The van der Waals surface area contributed by atoms with Gasteiger partial charge in [-0.05, 0) is 226 Å². The van der Waals surface area contributed by atoms with Gasteiger partial charge in [-0.1, -0.05) is 286 Å². The first kappa shape index (κ1) is 65.0. The second-order valence-corrected chi connectivity index (χ2v) is 34.4. The highest BCUT2D eigenvalue weighted by atomic mass is 15.2. The highest BCUT2D eigenvalue weighted by molar-refractivity contribution is 6.18. The Bertz CT molecular complexity index is 6580. The van der Waals surface area contributed by atoms with Crippen LogP contribution in [0.4, 0.5) is 34.1 Å². The van der Waals surface area contributed by atoms with E-state index in [0.29, 0.717) is 5.92 Å². The van der Waals surface area contributed by atoms with Crippen LogP contribution in [0.25, 0.3) is 82.8 Å². The Labute approximate surface area is 645 Å². The van der Waals surface area contributed by atoms with Gasteiger partial charge in [0.2, 0.25) is 0 Å². The average molecular weight is 1420 g/mol. The molecule has 22 rings (SSSR count). The van der Waals surface area contributed by atoms with Crippen molar-refractivity contribution < 1.29 is 0 Å². The number of dihydropyridines is 1. The molecular weight excluding hydrogens is 1330 g/mol. The van der Waals surface area contributed by atoms with Crippen molar-refractivity contribution in [3.05, 3.63) is 387 Å². The Kier molecular flexibility index (Phi) is 13.9. The lowest BCUT2D eigenvalue weighted by Crippen LogP contribution is -2.38. The summed E-state index contributed by atoms with van der Waals surface area (Å²) in [4.78, 5) is 10.7. The van der Waals surface area contributed by atoms with Gasteiger partial charge in [-0.15, -0.1) is 0 Å². The molecule has 0 radical (unpaired) electrons. The molecule has 110 heavy (non-hydrogen) atoms. The van der Waals surface area contributed by atoms with Crippen molar-refractivity contribution in [2.24, 2.45) is 10.9 Å². The minimum Gasteiger partial charge on any atom is -0.310 e. The molecule has 0 N–H and O–H groups in total. The van der Waals surface area contributed by atoms with Crippen LogP contribution < -0.4 is 9.80 Å². The molecule has 4 nitrogen and oxygen atoms in total. The fourth-order valence-electron chi connectivity index (χ4n) is 21.3. The molecule has 0 bridgehead atoms. The monoisotopic (exact) mass is 1410 g/mol. The fourth-order valence-corrected chi connectivity index (χ4v) is 21.3. The molecule has 4 unspecified atom stereocenters. The van der Waals surface area contributed by atoms with Crippen molar-refractivity contribution in [1.82, 2.24) is 4.57 Å². The van der Waals surface area contributed by atoms with Gasteiger partial charge in [0, 0.05) is 61.4 Å². The number of aryl methyl sites for hydroxylation is 1. The molecule has 530 valence electrons. The van der Waals surface area contributed by atoms with Gasteiger partial charge in [-0.3, -0.25) is 4.99 Å². The lowest BCUT2D eigenvalue weighted by Gasteiger charge is -2.50. The summed E-state index contributed by atoms with van der Waals surface area (Å²) in [6.45, 7) is 22.0. The van der Waals surface area contributed by atoms with E-state index in [9.17, 15) is 0 Å². The van der Waals surface area contributed by atoms with Crippen LogP contribution in [-0.4, -0.2) is 16.3 Å². The van der Waals surface area contributed by atoms with Gasteiger partial charge >= 0.3 is 0 Å².